The minimum Gasteiger partial charge on any atom is -0.504 e. The van der Waals surface area contributed by atoms with E-state index in [1.807, 2.05) is 29.2 Å². The van der Waals surface area contributed by atoms with Gasteiger partial charge in [0.15, 0.2) is 11.5 Å². The van der Waals surface area contributed by atoms with Crippen LogP contribution in [0.15, 0.2) is 72.8 Å². The van der Waals surface area contributed by atoms with E-state index in [2.05, 4.69) is 41.7 Å². The number of phenols is 1. The highest BCUT2D eigenvalue weighted by molar-refractivity contribution is 5.81. The van der Waals surface area contributed by atoms with Crippen molar-refractivity contribution in [3.63, 3.8) is 0 Å². The fourth-order valence-electron chi connectivity index (χ4n) is 3.58. The van der Waals surface area contributed by atoms with Gasteiger partial charge in [0.2, 0.25) is 5.91 Å². The van der Waals surface area contributed by atoms with Crippen LogP contribution in [-0.2, 0) is 11.3 Å². The summed E-state index contributed by atoms with van der Waals surface area (Å²) in [6.07, 6.45) is -0.392. The molecule has 0 unspecified atom stereocenters. The van der Waals surface area contributed by atoms with Crippen molar-refractivity contribution in [3.05, 3.63) is 83.9 Å². The number of phenolic OH excluding ortho intramolecular Hbond substituents is 1. The molecule has 0 spiro atoms. The zero-order valence-electron chi connectivity index (χ0n) is 15.6. The molecule has 2 N–H and O–H groups in total. The second-order valence-electron chi connectivity index (χ2n) is 6.84. The highest BCUT2D eigenvalue weighted by atomic mass is 16.5. The van der Waals surface area contributed by atoms with Crippen LogP contribution >= 0.6 is 0 Å². The number of nitrogens with zero attached hydrogens (tertiary/aromatic N) is 1. The minimum atomic E-state index is -0.392. The summed E-state index contributed by atoms with van der Waals surface area (Å²) in [7, 11) is 1.51. The number of methoxy groups -OCH3 is 1. The van der Waals surface area contributed by atoms with Crippen LogP contribution in [0.1, 0.15) is 17.3 Å². The average Bonchev–Trinajstić information content (AvgIpc) is 3.09. The van der Waals surface area contributed by atoms with Crippen molar-refractivity contribution < 1.29 is 14.6 Å². The van der Waals surface area contributed by atoms with Crippen molar-refractivity contribution in [1.82, 2.24) is 10.2 Å². The molecule has 1 atom stereocenters. The van der Waals surface area contributed by atoms with Gasteiger partial charge >= 0.3 is 0 Å². The molecule has 5 heteroatoms. The van der Waals surface area contributed by atoms with Crippen LogP contribution in [0, 0.1) is 0 Å². The molecule has 1 aliphatic heterocycles. The summed E-state index contributed by atoms with van der Waals surface area (Å²) in [6, 6.07) is 23.9. The number of carbonyl (C=O) groups excluding carboxylic acids is 1. The lowest BCUT2D eigenvalue weighted by Crippen LogP contribution is -2.27. The van der Waals surface area contributed by atoms with Crippen LogP contribution in [0.5, 0.6) is 11.5 Å². The maximum Gasteiger partial charge on any atom is 0.235 e. The van der Waals surface area contributed by atoms with E-state index in [4.69, 9.17) is 4.74 Å². The third-order valence-corrected chi connectivity index (χ3v) is 5.00. The van der Waals surface area contributed by atoms with E-state index in [9.17, 15) is 9.90 Å². The standard InChI is InChI=1S/C23H22N2O3/c1-28-20-9-5-8-19(22(20)27)23-24-21(26)15-25(23)14-16-10-12-18(13-11-16)17-6-3-2-4-7-17/h2-13,23,27H,14-15H2,1H3,(H,24,26)/t23-/m0/s1. The minimum absolute atomic E-state index is 0.0571. The number of nitrogens with one attached hydrogen (secondary N) is 1. The Morgan fingerprint density at radius 2 is 1.71 bits per heavy atom. The van der Waals surface area contributed by atoms with Gasteiger partial charge in [0.05, 0.1) is 13.7 Å². The normalized spacial score (nSPS) is 16.8. The average molecular weight is 374 g/mol. The maximum atomic E-state index is 12.1. The lowest BCUT2D eigenvalue weighted by molar-refractivity contribution is -0.118. The SMILES string of the molecule is COc1cccc([C@H]2NC(=O)CN2Cc2ccc(-c3ccccc3)cc2)c1O. The Bertz CT molecular complexity index is 971. The highest BCUT2D eigenvalue weighted by Gasteiger charge is 2.33. The second-order valence-corrected chi connectivity index (χ2v) is 6.84. The Balaban J connectivity index is 1.56. The Morgan fingerprint density at radius 1 is 1.00 bits per heavy atom. The molecule has 4 rings (SSSR count). The fourth-order valence-corrected chi connectivity index (χ4v) is 3.58. The molecule has 3 aromatic carbocycles. The third kappa shape index (κ3) is 3.57. The van der Waals surface area contributed by atoms with Crippen molar-refractivity contribution in [2.45, 2.75) is 12.7 Å². The van der Waals surface area contributed by atoms with Crippen LogP contribution < -0.4 is 10.1 Å². The van der Waals surface area contributed by atoms with Gasteiger partial charge in [0.25, 0.3) is 0 Å². The monoisotopic (exact) mass is 374 g/mol. The van der Waals surface area contributed by atoms with Crippen molar-refractivity contribution in [2.24, 2.45) is 0 Å². The van der Waals surface area contributed by atoms with E-state index in [0.717, 1.165) is 11.1 Å². The molecule has 28 heavy (non-hydrogen) atoms. The molecular weight excluding hydrogens is 352 g/mol. The number of amides is 1. The smallest absolute Gasteiger partial charge is 0.235 e. The first-order valence-corrected chi connectivity index (χ1v) is 9.19. The van der Waals surface area contributed by atoms with Gasteiger partial charge in [-0.15, -0.1) is 0 Å². The van der Waals surface area contributed by atoms with E-state index in [1.54, 1.807) is 12.1 Å². The van der Waals surface area contributed by atoms with E-state index in [-0.39, 0.29) is 18.2 Å². The Kier molecular flexibility index (Phi) is 5.00. The van der Waals surface area contributed by atoms with E-state index < -0.39 is 6.17 Å². The summed E-state index contributed by atoms with van der Waals surface area (Å²) in [5.74, 6) is 0.389. The lowest BCUT2D eigenvalue weighted by Gasteiger charge is -2.24. The van der Waals surface area contributed by atoms with Gasteiger partial charge < -0.3 is 15.2 Å². The van der Waals surface area contributed by atoms with Gasteiger partial charge in [-0.05, 0) is 22.8 Å². The highest BCUT2D eigenvalue weighted by Crippen LogP contribution is 2.36. The van der Waals surface area contributed by atoms with E-state index >= 15 is 0 Å². The van der Waals surface area contributed by atoms with Crippen LogP contribution in [-0.4, -0.2) is 29.6 Å². The first kappa shape index (κ1) is 18.1. The molecule has 0 bridgehead atoms. The summed E-state index contributed by atoms with van der Waals surface area (Å²) in [4.78, 5) is 14.1. The number of carbonyl (C=O) groups is 1. The number of ether oxygens (including phenoxy) is 1. The topological polar surface area (TPSA) is 61.8 Å². The third-order valence-electron chi connectivity index (χ3n) is 5.00. The van der Waals surface area contributed by atoms with Gasteiger partial charge in [-0.1, -0.05) is 66.7 Å². The van der Waals surface area contributed by atoms with Crippen LogP contribution in [0.4, 0.5) is 0 Å². The van der Waals surface area contributed by atoms with Crippen molar-refractivity contribution in [1.29, 1.82) is 0 Å². The largest absolute Gasteiger partial charge is 0.504 e. The zero-order chi connectivity index (χ0) is 19.5. The van der Waals surface area contributed by atoms with Crippen LogP contribution in [0.25, 0.3) is 11.1 Å². The van der Waals surface area contributed by atoms with Gasteiger partial charge in [0, 0.05) is 12.1 Å². The first-order valence-electron chi connectivity index (χ1n) is 9.19. The molecule has 0 aromatic heterocycles. The summed E-state index contributed by atoms with van der Waals surface area (Å²) >= 11 is 0. The molecule has 1 saturated heterocycles. The van der Waals surface area contributed by atoms with Gasteiger partial charge in [-0.25, -0.2) is 0 Å². The summed E-state index contributed by atoms with van der Waals surface area (Å²) in [5, 5.41) is 13.4. The van der Waals surface area contributed by atoms with E-state index in [1.165, 1.54) is 12.7 Å². The molecule has 0 aliphatic carbocycles. The molecular formula is C23H22N2O3. The number of para-hydroxylation sites is 1. The van der Waals surface area contributed by atoms with Gasteiger partial charge in [0.1, 0.15) is 6.17 Å². The predicted molar refractivity (Wildman–Crippen MR) is 108 cm³/mol. The van der Waals surface area contributed by atoms with Gasteiger partial charge in [-0.2, -0.15) is 0 Å². The molecule has 3 aromatic rings. The molecule has 142 valence electrons. The van der Waals surface area contributed by atoms with Crippen LogP contribution in [0.2, 0.25) is 0 Å². The molecule has 5 nitrogen and oxygen atoms in total. The summed E-state index contributed by atoms with van der Waals surface area (Å²) in [5.41, 5.74) is 4.06. The zero-order valence-corrected chi connectivity index (χ0v) is 15.6. The van der Waals surface area contributed by atoms with Crippen LogP contribution in [0.3, 0.4) is 0 Å². The second kappa shape index (κ2) is 7.74. The quantitative estimate of drug-likeness (QED) is 0.715. The number of aromatic hydroxyl groups is 1. The number of rotatable bonds is 5. The van der Waals surface area contributed by atoms with E-state index in [0.29, 0.717) is 17.9 Å². The lowest BCUT2D eigenvalue weighted by atomic mass is 10.0. The Hall–Kier alpha value is -3.31. The first-order chi connectivity index (χ1) is 13.7. The Labute approximate surface area is 164 Å². The number of benzene rings is 3. The van der Waals surface area contributed by atoms with Crippen molar-refractivity contribution in [2.75, 3.05) is 13.7 Å². The van der Waals surface area contributed by atoms with Crippen molar-refractivity contribution in [3.8, 4) is 22.6 Å². The molecule has 1 fully saturated rings. The molecule has 1 aliphatic rings. The fraction of sp³-hybridized carbons (Fsp3) is 0.174. The number of hydrogen-bond donors (Lipinski definition) is 2. The summed E-state index contributed by atoms with van der Waals surface area (Å²) in [6.45, 7) is 0.872. The van der Waals surface area contributed by atoms with Gasteiger partial charge in [-0.3, -0.25) is 9.69 Å². The molecule has 1 heterocycles. The maximum absolute atomic E-state index is 12.1. The molecule has 1 amide bonds. The van der Waals surface area contributed by atoms with Crippen molar-refractivity contribution >= 4 is 5.91 Å². The molecule has 0 radical (unpaired) electrons. The Morgan fingerprint density at radius 3 is 2.43 bits per heavy atom. The molecule has 0 saturated carbocycles. The number of hydrogen-bond acceptors (Lipinski definition) is 4. The summed E-state index contributed by atoms with van der Waals surface area (Å²) < 4.78 is 5.20. The predicted octanol–water partition coefficient (Wildman–Crippen LogP) is 3.70.